The van der Waals surface area contributed by atoms with Gasteiger partial charge in [-0.2, -0.15) is 0 Å². The lowest BCUT2D eigenvalue weighted by molar-refractivity contribution is 0.0673. The number of piperidine rings is 1. The van der Waals surface area contributed by atoms with Crippen LogP contribution in [0.3, 0.4) is 0 Å². The van der Waals surface area contributed by atoms with Crippen LogP contribution in [-0.4, -0.2) is 59.9 Å². The second kappa shape index (κ2) is 11.4. The Morgan fingerprint density at radius 2 is 1.91 bits per heavy atom. The highest BCUT2D eigenvalue weighted by atomic mass is 16.5. The average molecular weight is 447 g/mol. The first-order valence-electron chi connectivity index (χ1n) is 12.4. The maximum absolute atomic E-state index is 13.1. The second-order valence-corrected chi connectivity index (χ2v) is 10.2. The van der Waals surface area contributed by atoms with Crippen LogP contribution in [0, 0.1) is 0 Å². The van der Waals surface area contributed by atoms with E-state index in [9.17, 15) is 9.90 Å². The van der Waals surface area contributed by atoms with E-state index >= 15 is 0 Å². The molecule has 0 unspecified atom stereocenters. The van der Waals surface area contributed by atoms with Crippen molar-refractivity contribution in [2.24, 2.45) is 0 Å². The summed E-state index contributed by atoms with van der Waals surface area (Å²) in [4.78, 5) is 15.7. The van der Waals surface area contributed by atoms with Crippen molar-refractivity contribution in [1.82, 2.24) is 10.2 Å². The molecule has 2 aliphatic rings. The maximum Gasteiger partial charge on any atom is 0.255 e. The molecule has 6 nitrogen and oxygen atoms in total. The number of hydrogen-bond acceptors (Lipinski definition) is 5. The molecule has 1 aromatic carbocycles. The largest absolute Gasteiger partial charge is 0.497 e. The summed E-state index contributed by atoms with van der Waals surface area (Å²) < 4.78 is 11.7. The van der Waals surface area contributed by atoms with Crippen molar-refractivity contribution >= 4 is 5.91 Å². The molecule has 1 atom stereocenters. The zero-order valence-corrected chi connectivity index (χ0v) is 20.4. The third-order valence-corrected chi connectivity index (χ3v) is 6.85. The molecule has 1 saturated carbocycles. The molecule has 3 rings (SSSR count). The van der Waals surface area contributed by atoms with Gasteiger partial charge in [0.2, 0.25) is 0 Å². The van der Waals surface area contributed by atoms with E-state index in [0.717, 1.165) is 44.8 Å². The van der Waals surface area contributed by atoms with E-state index in [4.69, 9.17) is 9.47 Å². The predicted octanol–water partition coefficient (Wildman–Crippen LogP) is 4.54. The van der Waals surface area contributed by atoms with Crippen LogP contribution in [0.4, 0.5) is 0 Å². The lowest BCUT2D eigenvalue weighted by Gasteiger charge is -2.36. The molecular formula is C26H42N2O4. The fourth-order valence-electron chi connectivity index (χ4n) is 4.94. The molecule has 1 amide bonds. The SMILES string of the molecule is COc1ccc(OC2CCN(C3CCCC3)CC2)c(C(=O)N[C@@H](C)CCCC(C)(C)O)c1. The number of carbonyl (C=O) groups is 1. The van der Waals surface area contributed by atoms with E-state index in [1.54, 1.807) is 13.2 Å². The van der Waals surface area contributed by atoms with Crippen molar-refractivity contribution in [1.29, 1.82) is 0 Å². The first-order valence-corrected chi connectivity index (χ1v) is 12.4. The number of rotatable bonds is 10. The Kier molecular flexibility index (Phi) is 8.83. The van der Waals surface area contributed by atoms with Gasteiger partial charge < -0.3 is 24.8 Å². The maximum atomic E-state index is 13.1. The molecule has 32 heavy (non-hydrogen) atoms. The Morgan fingerprint density at radius 1 is 1.22 bits per heavy atom. The molecule has 1 aliphatic heterocycles. The summed E-state index contributed by atoms with van der Waals surface area (Å²) in [6.07, 6.45) is 9.90. The van der Waals surface area contributed by atoms with E-state index in [0.29, 0.717) is 23.5 Å². The minimum atomic E-state index is -0.676. The summed E-state index contributed by atoms with van der Waals surface area (Å²) in [5, 5.41) is 13.0. The fourth-order valence-corrected chi connectivity index (χ4v) is 4.94. The molecule has 0 radical (unpaired) electrons. The van der Waals surface area contributed by atoms with Crippen LogP contribution < -0.4 is 14.8 Å². The van der Waals surface area contributed by atoms with E-state index in [1.165, 1.54) is 25.7 Å². The molecule has 2 N–H and O–H groups in total. The molecule has 6 heteroatoms. The van der Waals surface area contributed by atoms with Crippen LogP contribution in [0.25, 0.3) is 0 Å². The van der Waals surface area contributed by atoms with Crippen molar-refractivity contribution in [3.63, 3.8) is 0 Å². The molecule has 180 valence electrons. The summed E-state index contributed by atoms with van der Waals surface area (Å²) in [6, 6.07) is 6.25. The second-order valence-electron chi connectivity index (χ2n) is 10.2. The number of aliphatic hydroxyl groups is 1. The lowest BCUT2D eigenvalue weighted by atomic mass is 9.99. The van der Waals surface area contributed by atoms with Gasteiger partial charge in [-0.1, -0.05) is 12.8 Å². The van der Waals surface area contributed by atoms with Gasteiger partial charge in [0.1, 0.15) is 17.6 Å². The average Bonchev–Trinajstić information content (AvgIpc) is 3.28. The zero-order valence-electron chi connectivity index (χ0n) is 20.4. The highest BCUT2D eigenvalue weighted by Gasteiger charge is 2.28. The topological polar surface area (TPSA) is 71.0 Å². The monoisotopic (exact) mass is 446 g/mol. The lowest BCUT2D eigenvalue weighted by Crippen LogP contribution is -2.43. The summed E-state index contributed by atoms with van der Waals surface area (Å²) in [5.41, 5.74) is -0.151. The van der Waals surface area contributed by atoms with Crippen molar-refractivity contribution in [3.05, 3.63) is 23.8 Å². The predicted molar refractivity (Wildman–Crippen MR) is 128 cm³/mol. The quantitative estimate of drug-likeness (QED) is 0.552. The summed E-state index contributed by atoms with van der Waals surface area (Å²) in [5.74, 6) is 1.14. The first-order chi connectivity index (χ1) is 15.2. The summed E-state index contributed by atoms with van der Waals surface area (Å²) >= 11 is 0. The number of carbonyl (C=O) groups excluding carboxylic acids is 1. The van der Waals surface area contributed by atoms with Crippen molar-refractivity contribution in [2.45, 2.75) is 102 Å². The number of amides is 1. The molecule has 0 spiro atoms. The van der Waals surface area contributed by atoms with Crippen molar-refractivity contribution in [3.8, 4) is 11.5 Å². The summed E-state index contributed by atoms with van der Waals surface area (Å²) in [6.45, 7) is 7.78. The van der Waals surface area contributed by atoms with Gasteiger partial charge in [0.05, 0.1) is 18.3 Å². The van der Waals surface area contributed by atoms with E-state index in [2.05, 4.69) is 10.2 Å². The van der Waals surface area contributed by atoms with E-state index < -0.39 is 5.60 Å². The zero-order chi connectivity index (χ0) is 23.1. The number of ether oxygens (including phenoxy) is 2. The number of hydrogen-bond donors (Lipinski definition) is 2. The molecule has 1 heterocycles. The molecule has 1 aliphatic carbocycles. The van der Waals surface area contributed by atoms with Gasteiger partial charge in [-0.25, -0.2) is 0 Å². The molecule has 0 aromatic heterocycles. The number of likely N-dealkylation sites (tertiary alicyclic amines) is 1. The third-order valence-electron chi connectivity index (χ3n) is 6.85. The van der Waals surface area contributed by atoms with Crippen LogP contribution in [0.2, 0.25) is 0 Å². The Morgan fingerprint density at radius 3 is 2.53 bits per heavy atom. The molecule has 1 aromatic rings. The molecule has 0 bridgehead atoms. The number of methoxy groups -OCH3 is 1. The number of nitrogens with one attached hydrogen (secondary N) is 1. The first kappa shape index (κ1) is 24.8. The van der Waals surface area contributed by atoms with E-state index in [1.807, 2.05) is 32.9 Å². The van der Waals surface area contributed by atoms with Crippen molar-refractivity contribution in [2.75, 3.05) is 20.2 Å². The Bertz CT molecular complexity index is 732. The fraction of sp³-hybridized carbons (Fsp3) is 0.731. The van der Waals surface area contributed by atoms with Crippen LogP contribution in [0.15, 0.2) is 18.2 Å². The van der Waals surface area contributed by atoms with Gasteiger partial charge in [0, 0.05) is 25.2 Å². The Labute approximate surface area is 193 Å². The van der Waals surface area contributed by atoms with E-state index in [-0.39, 0.29) is 18.1 Å². The number of benzene rings is 1. The van der Waals surface area contributed by atoms with Gasteiger partial charge in [-0.05, 0) is 83.9 Å². The molecule has 1 saturated heterocycles. The smallest absolute Gasteiger partial charge is 0.255 e. The Hall–Kier alpha value is -1.79. The minimum Gasteiger partial charge on any atom is -0.497 e. The molecular weight excluding hydrogens is 404 g/mol. The standard InChI is InChI=1S/C26H42N2O4/c1-19(8-7-15-26(2,3)30)27-25(29)23-18-22(31-4)11-12-24(23)32-21-13-16-28(17-14-21)20-9-5-6-10-20/h11-12,18-21,30H,5-10,13-17H2,1-4H3,(H,27,29)/t19-/m0/s1. The van der Waals surface area contributed by atoms with Gasteiger partial charge in [0.15, 0.2) is 0 Å². The third kappa shape index (κ3) is 7.38. The van der Waals surface area contributed by atoms with Crippen LogP contribution in [0.1, 0.15) is 88.9 Å². The van der Waals surface area contributed by atoms with Crippen molar-refractivity contribution < 1.29 is 19.4 Å². The minimum absolute atomic E-state index is 0.0125. The highest BCUT2D eigenvalue weighted by Crippen LogP contribution is 2.30. The van der Waals surface area contributed by atoms with Gasteiger partial charge >= 0.3 is 0 Å². The summed E-state index contributed by atoms with van der Waals surface area (Å²) in [7, 11) is 1.61. The molecule has 2 fully saturated rings. The normalized spacial score (nSPS) is 19.7. The Balaban J connectivity index is 1.57. The highest BCUT2D eigenvalue weighted by molar-refractivity contribution is 5.97. The van der Waals surface area contributed by atoms with Gasteiger partial charge in [-0.3, -0.25) is 4.79 Å². The van der Waals surface area contributed by atoms with Crippen LogP contribution >= 0.6 is 0 Å². The number of nitrogens with zero attached hydrogens (tertiary/aromatic N) is 1. The van der Waals surface area contributed by atoms with Crippen LogP contribution in [-0.2, 0) is 0 Å². The van der Waals surface area contributed by atoms with Gasteiger partial charge in [0.25, 0.3) is 5.91 Å². The van der Waals surface area contributed by atoms with Crippen LogP contribution in [0.5, 0.6) is 11.5 Å². The van der Waals surface area contributed by atoms with Gasteiger partial charge in [-0.15, -0.1) is 0 Å².